The first-order chi connectivity index (χ1) is 11.2. The van der Waals surface area contributed by atoms with Crippen LogP contribution in [0.3, 0.4) is 0 Å². The molecule has 7 nitrogen and oxygen atoms in total. The standard InChI is InChI=1S/C16H17N5O2/c1-11-10-13(23-19-11)16(22)20-8-5-12(6-9-20)15-18-17-14-4-2-3-7-21(14)15/h2-4,7,10,12H,5-6,8-9H2,1H3. The van der Waals surface area contributed by atoms with Gasteiger partial charge in [-0.2, -0.15) is 0 Å². The summed E-state index contributed by atoms with van der Waals surface area (Å²) in [5.41, 5.74) is 1.58. The van der Waals surface area contributed by atoms with Gasteiger partial charge in [0.15, 0.2) is 5.65 Å². The van der Waals surface area contributed by atoms with E-state index < -0.39 is 0 Å². The average Bonchev–Trinajstić information content (AvgIpc) is 3.21. The third-order valence-electron chi connectivity index (χ3n) is 4.33. The molecule has 3 aromatic rings. The Labute approximate surface area is 132 Å². The van der Waals surface area contributed by atoms with Gasteiger partial charge < -0.3 is 9.42 Å². The molecule has 0 atom stereocenters. The van der Waals surface area contributed by atoms with Gasteiger partial charge in [-0.15, -0.1) is 10.2 Å². The van der Waals surface area contributed by atoms with E-state index in [1.54, 1.807) is 6.07 Å². The van der Waals surface area contributed by atoms with Crippen molar-refractivity contribution in [1.82, 2.24) is 24.7 Å². The lowest BCUT2D eigenvalue weighted by Crippen LogP contribution is -2.38. The molecule has 0 saturated carbocycles. The van der Waals surface area contributed by atoms with Crippen molar-refractivity contribution in [1.29, 1.82) is 0 Å². The minimum Gasteiger partial charge on any atom is -0.351 e. The second kappa shape index (κ2) is 5.49. The van der Waals surface area contributed by atoms with Gasteiger partial charge in [-0.3, -0.25) is 9.20 Å². The maximum atomic E-state index is 12.4. The van der Waals surface area contributed by atoms with E-state index in [4.69, 9.17) is 4.52 Å². The van der Waals surface area contributed by atoms with Crippen molar-refractivity contribution >= 4 is 11.6 Å². The van der Waals surface area contributed by atoms with Gasteiger partial charge in [0.25, 0.3) is 5.91 Å². The highest BCUT2D eigenvalue weighted by atomic mass is 16.5. The molecule has 1 aliphatic rings. The number of carbonyl (C=O) groups excluding carboxylic acids is 1. The number of hydrogen-bond acceptors (Lipinski definition) is 5. The molecule has 0 bridgehead atoms. The number of aromatic nitrogens is 4. The van der Waals surface area contributed by atoms with Crippen LogP contribution in [-0.4, -0.2) is 43.7 Å². The molecule has 4 heterocycles. The van der Waals surface area contributed by atoms with Crippen LogP contribution in [0.15, 0.2) is 35.0 Å². The van der Waals surface area contributed by atoms with Crippen LogP contribution in [0.2, 0.25) is 0 Å². The van der Waals surface area contributed by atoms with Crippen molar-refractivity contribution in [3.63, 3.8) is 0 Å². The van der Waals surface area contributed by atoms with E-state index >= 15 is 0 Å². The van der Waals surface area contributed by atoms with Gasteiger partial charge in [-0.1, -0.05) is 11.2 Å². The van der Waals surface area contributed by atoms with Crippen molar-refractivity contribution in [2.75, 3.05) is 13.1 Å². The van der Waals surface area contributed by atoms with Gasteiger partial charge in [0.2, 0.25) is 5.76 Å². The number of amides is 1. The number of nitrogens with zero attached hydrogens (tertiary/aromatic N) is 5. The molecule has 1 aliphatic heterocycles. The van der Waals surface area contributed by atoms with E-state index in [9.17, 15) is 4.79 Å². The highest BCUT2D eigenvalue weighted by Crippen LogP contribution is 2.27. The number of carbonyl (C=O) groups is 1. The first-order valence-corrected chi connectivity index (χ1v) is 7.74. The summed E-state index contributed by atoms with van der Waals surface area (Å²) in [7, 11) is 0. The molecule has 0 N–H and O–H groups in total. The number of rotatable bonds is 2. The molecule has 0 aromatic carbocycles. The highest BCUT2D eigenvalue weighted by molar-refractivity contribution is 5.91. The van der Waals surface area contributed by atoms with Gasteiger partial charge in [-0.05, 0) is 31.9 Å². The molecule has 0 spiro atoms. The smallest absolute Gasteiger partial charge is 0.292 e. The summed E-state index contributed by atoms with van der Waals surface area (Å²) in [5, 5.41) is 12.3. The fourth-order valence-corrected chi connectivity index (χ4v) is 3.10. The van der Waals surface area contributed by atoms with E-state index in [1.165, 1.54) is 0 Å². The van der Waals surface area contributed by atoms with Crippen molar-refractivity contribution < 1.29 is 9.32 Å². The van der Waals surface area contributed by atoms with Crippen LogP contribution in [0.5, 0.6) is 0 Å². The van der Waals surface area contributed by atoms with Crippen LogP contribution < -0.4 is 0 Å². The highest BCUT2D eigenvalue weighted by Gasteiger charge is 2.28. The van der Waals surface area contributed by atoms with E-state index in [2.05, 4.69) is 15.4 Å². The number of likely N-dealkylation sites (tertiary alicyclic amines) is 1. The average molecular weight is 311 g/mol. The first-order valence-electron chi connectivity index (χ1n) is 7.74. The predicted octanol–water partition coefficient (Wildman–Crippen LogP) is 2.05. The third kappa shape index (κ3) is 2.48. The second-order valence-electron chi connectivity index (χ2n) is 5.89. The van der Waals surface area contributed by atoms with Gasteiger partial charge in [0.05, 0.1) is 5.69 Å². The molecule has 0 unspecified atom stereocenters. The molecular formula is C16H17N5O2. The summed E-state index contributed by atoms with van der Waals surface area (Å²) in [6.45, 7) is 3.18. The Kier molecular flexibility index (Phi) is 3.33. The van der Waals surface area contributed by atoms with Gasteiger partial charge in [0, 0.05) is 31.3 Å². The summed E-state index contributed by atoms with van der Waals surface area (Å²) >= 11 is 0. The SMILES string of the molecule is Cc1cc(C(=O)N2CCC(c3nnc4ccccn34)CC2)on1. The van der Waals surface area contributed by atoms with E-state index in [0.29, 0.717) is 24.8 Å². The van der Waals surface area contributed by atoms with Crippen LogP contribution in [0, 0.1) is 6.92 Å². The number of aryl methyl sites for hydroxylation is 1. The van der Waals surface area contributed by atoms with E-state index in [1.807, 2.05) is 40.6 Å². The first kappa shape index (κ1) is 13.9. The largest absolute Gasteiger partial charge is 0.351 e. The molecule has 7 heteroatoms. The lowest BCUT2D eigenvalue weighted by atomic mass is 9.96. The summed E-state index contributed by atoms with van der Waals surface area (Å²) in [6, 6.07) is 7.56. The van der Waals surface area contributed by atoms with Crippen molar-refractivity contribution in [2.24, 2.45) is 0 Å². The number of fused-ring (bicyclic) bond motifs is 1. The topological polar surface area (TPSA) is 76.5 Å². The Morgan fingerprint density at radius 2 is 2.09 bits per heavy atom. The monoisotopic (exact) mass is 311 g/mol. The number of piperidine rings is 1. The third-order valence-corrected chi connectivity index (χ3v) is 4.33. The Hall–Kier alpha value is -2.70. The second-order valence-corrected chi connectivity index (χ2v) is 5.89. The lowest BCUT2D eigenvalue weighted by molar-refractivity contribution is 0.0669. The minimum atomic E-state index is -0.0878. The number of pyridine rings is 1. The van der Waals surface area contributed by atoms with Gasteiger partial charge in [0.1, 0.15) is 5.82 Å². The van der Waals surface area contributed by atoms with Crippen LogP contribution in [-0.2, 0) is 0 Å². The molecule has 0 radical (unpaired) electrons. The quantitative estimate of drug-likeness (QED) is 0.724. The zero-order valence-corrected chi connectivity index (χ0v) is 12.8. The fraction of sp³-hybridized carbons (Fsp3) is 0.375. The maximum Gasteiger partial charge on any atom is 0.292 e. The molecule has 0 aliphatic carbocycles. The van der Waals surface area contributed by atoms with Crippen molar-refractivity contribution in [2.45, 2.75) is 25.7 Å². The summed E-state index contributed by atoms with van der Waals surface area (Å²) in [6.07, 6.45) is 3.72. The molecular weight excluding hydrogens is 294 g/mol. The van der Waals surface area contributed by atoms with Crippen molar-refractivity contribution in [3.05, 3.63) is 47.7 Å². The molecule has 3 aromatic heterocycles. The molecule has 118 valence electrons. The zero-order valence-electron chi connectivity index (χ0n) is 12.8. The lowest BCUT2D eigenvalue weighted by Gasteiger charge is -2.30. The summed E-state index contributed by atoms with van der Waals surface area (Å²) < 4.78 is 7.10. The minimum absolute atomic E-state index is 0.0878. The summed E-state index contributed by atoms with van der Waals surface area (Å²) in [4.78, 5) is 14.2. The van der Waals surface area contributed by atoms with E-state index in [-0.39, 0.29) is 5.91 Å². The van der Waals surface area contributed by atoms with Crippen LogP contribution in [0.4, 0.5) is 0 Å². The number of hydrogen-bond donors (Lipinski definition) is 0. The van der Waals surface area contributed by atoms with Gasteiger partial charge >= 0.3 is 0 Å². The van der Waals surface area contributed by atoms with Crippen molar-refractivity contribution in [3.8, 4) is 0 Å². The van der Waals surface area contributed by atoms with E-state index in [0.717, 1.165) is 30.0 Å². The van der Waals surface area contributed by atoms with Gasteiger partial charge in [-0.25, -0.2) is 0 Å². The maximum absolute atomic E-state index is 12.4. The molecule has 1 fully saturated rings. The Bertz CT molecular complexity index is 845. The van der Waals surface area contributed by atoms with Crippen LogP contribution in [0.25, 0.3) is 5.65 Å². The molecule has 1 saturated heterocycles. The molecule has 4 rings (SSSR count). The van der Waals surface area contributed by atoms with Crippen LogP contribution >= 0.6 is 0 Å². The predicted molar refractivity (Wildman–Crippen MR) is 82.1 cm³/mol. The fourth-order valence-electron chi connectivity index (χ4n) is 3.10. The Morgan fingerprint density at radius 3 is 2.83 bits per heavy atom. The Morgan fingerprint density at radius 1 is 1.26 bits per heavy atom. The zero-order chi connectivity index (χ0) is 15.8. The molecule has 23 heavy (non-hydrogen) atoms. The van der Waals surface area contributed by atoms with Crippen LogP contribution in [0.1, 0.15) is 40.8 Å². The Balaban J connectivity index is 1.48. The summed E-state index contributed by atoms with van der Waals surface area (Å²) in [5.74, 6) is 1.51. The normalized spacial score (nSPS) is 16.1. The molecule has 1 amide bonds.